The van der Waals surface area contributed by atoms with E-state index < -0.39 is 5.97 Å². The monoisotopic (exact) mass is 269 g/mol. The maximum atomic E-state index is 11.1. The van der Waals surface area contributed by atoms with Crippen LogP contribution in [0.1, 0.15) is 50.8 Å². The van der Waals surface area contributed by atoms with Gasteiger partial charge < -0.3 is 9.84 Å². The molecule has 0 atom stereocenters. The predicted molar refractivity (Wildman–Crippen MR) is 71.2 cm³/mol. The Hall–Kier alpha value is -1.43. The zero-order valence-electron chi connectivity index (χ0n) is 12.3. The average Bonchev–Trinajstić information content (AvgIpc) is 2.59. The second-order valence-corrected chi connectivity index (χ2v) is 5.97. The van der Waals surface area contributed by atoms with Gasteiger partial charge in [-0.2, -0.15) is 0 Å². The van der Waals surface area contributed by atoms with Gasteiger partial charge in [-0.15, -0.1) is 5.10 Å². The van der Waals surface area contributed by atoms with E-state index >= 15 is 0 Å². The van der Waals surface area contributed by atoms with E-state index in [-0.39, 0.29) is 11.3 Å². The molecule has 0 saturated heterocycles. The van der Waals surface area contributed by atoms with Gasteiger partial charge in [0.15, 0.2) is 5.69 Å². The summed E-state index contributed by atoms with van der Waals surface area (Å²) in [6.45, 7) is 11.0. The summed E-state index contributed by atoms with van der Waals surface area (Å²) >= 11 is 0. The third kappa shape index (κ3) is 4.98. The molecule has 1 rings (SSSR count). The fourth-order valence-corrected chi connectivity index (χ4v) is 1.71. The topological polar surface area (TPSA) is 77.2 Å². The standard InChI is InChI=1S/C13H23N3O3/c1-9(2)8-10-11(12(17)18)14-15-16(10)6-7-19-13(3,4)5/h9H,6-8H2,1-5H3,(H,17,18). The molecule has 0 aliphatic heterocycles. The van der Waals surface area contributed by atoms with E-state index in [0.717, 1.165) is 0 Å². The summed E-state index contributed by atoms with van der Waals surface area (Å²) in [5, 5.41) is 16.8. The molecule has 0 saturated carbocycles. The Balaban J connectivity index is 2.79. The molecule has 0 unspecified atom stereocenters. The zero-order valence-corrected chi connectivity index (χ0v) is 12.3. The highest BCUT2D eigenvalue weighted by atomic mass is 16.5. The molecule has 0 bridgehead atoms. The highest BCUT2D eigenvalue weighted by Gasteiger charge is 2.20. The molecule has 0 radical (unpaired) electrons. The summed E-state index contributed by atoms with van der Waals surface area (Å²) in [6.07, 6.45) is 0.643. The smallest absolute Gasteiger partial charge is 0.358 e. The molecule has 0 spiro atoms. The van der Waals surface area contributed by atoms with E-state index in [1.807, 2.05) is 34.6 Å². The summed E-state index contributed by atoms with van der Waals surface area (Å²) in [6, 6.07) is 0. The number of rotatable bonds is 6. The molecule has 0 fully saturated rings. The number of hydrogen-bond donors (Lipinski definition) is 1. The zero-order chi connectivity index (χ0) is 14.6. The number of aromatic carboxylic acids is 1. The molecule has 1 aromatic heterocycles. The molecule has 6 heteroatoms. The third-order valence-electron chi connectivity index (χ3n) is 2.48. The number of hydrogen-bond acceptors (Lipinski definition) is 4. The van der Waals surface area contributed by atoms with Gasteiger partial charge in [-0.1, -0.05) is 19.1 Å². The van der Waals surface area contributed by atoms with Gasteiger partial charge in [-0.05, 0) is 33.1 Å². The van der Waals surface area contributed by atoms with E-state index in [1.54, 1.807) is 4.68 Å². The minimum Gasteiger partial charge on any atom is -0.476 e. The van der Waals surface area contributed by atoms with Crippen molar-refractivity contribution >= 4 is 5.97 Å². The van der Waals surface area contributed by atoms with Crippen LogP contribution in [-0.2, 0) is 17.7 Å². The Kier molecular flexibility index (Phi) is 5.05. The molecule has 1 heterocycles. The minimum atomic E-state index is -1.03. The van der Waals surface area contributed by atoms with Gasteiger partial charge >= 0.3 is 5.97 Å². The first-order valence-electron chi connectivity index (χ1n) is 6.50. The number of nitrogens with zero attached hydrogens (tertiary/aromatic N) is 3. The molecular weight excluding hydrogens is 246 g/mol. The first-order chi connectivity index (χ1) is 8.70. The van der Waals surface area contributed by atoms with Gasteiger partial charge in [-0.25, -0.2) is 9.48 Å². The van der Waals surface area contributed by atoms with E-state index in [9.17, 15) is 4.79 Å². The molecule has 108 valence electrons. The van der Waals surface area contributed by atoms with Crippen LogP contribution in [0, 0.1) is 5.92 Å². The maximum Gasteiger partial charge on any atom is 0.358 e. The normalized spacial score (nSPS) is 12.1. The van der Waals surface area contributed by atoms with Crippen LogP contribution in [-0.4, -0.2) is 38.3 Å². The van der Waals surface area contributed by atoms with Crippen LogP contribution >= 0.6 is 0 Å². The van der Waals surface area contributed by atoms with Crippen molar-refractivity contribution in [3.05, 3.63) is 11.4 Å². The van der Waals surface area contributed by atoms with Crippen LogP contribution in [0.25, 0.3) is 0 Å². The largest absolute Gasteiger partial charge is 0.476 e. The molecule has 6 nitrogen and oxygen atoms in total. The number of carboxylic acids is 1. The number of carboxylic acid groups (broad SMARTS) is 1. The molecular formula is C13H23N3O3. The maximum absolute atomic E-state index is 11.1. The van der Waals surface area contributed by atoms with E-state index in [2.05, 4.69) is 10.3 Å². The Labute approximate surface area is 113 Å². The van der Waals surface area contributed by atoms with Gasteiger partial charge in [0.05, 0.1) is 24.4 Å². The summed E-state index contributed by atoms with van der Waals surface area (Å²) in [5.41, 5.74) is 0.499. The Morgan fingerprint density at radius 3 is 2.53 bits per heavy atom. The fourth-order valence-electron chi connectivity index (χ4n) is 1.71. The summed E-state index contributed by atoms with van der Waals surface area (Å²) in [4.78, 5) is 11.1. The van der Waals surface area contributed by atoms with Crippen LogP contribution in [0.4, 0.5) is 0 Å². The number of ether oxygens (including phenoxy) is 1. The van der Waals surface area contributed by atoms with Crippen molar-refractivity contribution in [1.82, 2.24) is 15.0 Å². The van der Waals surface area contributed by atoms with Crippen molar-refractivity contribution in [2.24, 2.45) is 5.92 Å². The fraction of sp³-hybridized carbons (Fsp3) is 0.769. The number of aromatic nitrogens is 3. The highest BCUT2D eigenvalue weighted by Crippen LogP contribution is 2.13. The van der Waals surface area contributed by atoms with Gasteiger partial charge in [0.25, 0.3) is 0 Å². The van der Waals surface area contributed by atoms with Crippen LogP contribution in [0.3, 0.4) is 0 Å². The quantitative estimate of drug-likeness (QED) is 0.854. The third-order valence-corrected chi connectivity index (χ3v) is 2.48. The van der Waals surface area contributed by atoms with Crippen LogP contribution in [0.15, 0.2) is 0 Å². The highest BCUT2D eigenvalue weighted by molar-refractivity contribution is 5.86. The molecule has 0 amide bonds. The Morgan fingerprint density at radius 1 is 1.42 bits per heavy atom. The molecule has 0 aliphatic carbocycles. The van der Waals surface area contributed by atoms with Crippen molar-refractivity contribution in [2.45, 2.75) is 53.2 Å². The van der Waals surface area contributed by atoms with Gasteiger partial charge in [0.1, 0.15) is 0 Å². The average molecular weight is 269 g/mol. The summed E-state index contributed by atoms with van der Waals surface area (Å²) in [7, 11) is 0. The predicted octanol–water partition coefficient (Wildman–Crippen LogP) is 1.99. The van der Waals surface area contributed by atoms with Crippen molar-refractivity contribution in [2.75, 3.05) is 6.61 Å². The van der Waals surface area contributed by atoms with Crippen molar-refractivity contribution in [3.63, 3.8) is 0 Å². The van der Waals surface area contributed by atoms with E-state index in [1.165, 1.54) is 0 Å². The Morgan fingerprint density at radius 2 is 2.05 bits per heavy atom. The van der Waals surface area contributed by atoms with Crippen molar-refractivity contribution in [1.29, 1.82) is 0 Å². The summed E-state index contributed by atoms with van der Waals surface area (Å²) < 4.78 is 7.26. The lowest BCUT2D eigenvalue weighted by Gasteiger charge is -2.19. The Bertz CT molecular complexity index is 433. The second kappa shape index (κ2) is 6.14. The van der Waals surface area contributed by atoms with Gasteiger partial charge in [0.2, 0.25) is 0 Å². The molecule has 0 aliphatic rings. The molecule has 1 N–H and O–H groups in total. The second-order valence-electron chi connectivity index (χ2n) is 5.97. The first kappa shape index (κ1) is 15.6. The molecule has 19 heavy (non-hydrogen) atoms. The van der Waals surface area contributed by atoms with Crippen molar-refractivity contribution in [3.8, 4) is 0 Å². The van der Waals surface area contributed by atoms with Crippen LogP contribution in [0.5, 0.6) is 0 Å². The lowest BCUT2D eigenvalue weighted by atomic mass is 10.1. The van der Waals surface area contributed by atoms with Crippen LogP contribution < -0.4 is 0 Å². The summed E-state index contributed by atoms with van der Waals surface area (Å²) in [5.74, 6) is -0.683. The van der Waals surface area contributed by atoms with Gasteiger partial charge in [-0.3, -0.25) is 0 Å². The lowest BCUT2D eigenvalue weighted by Crippen LogP contribution is -2.23. The number of carbonyl (C=O) groups is 1. The van der Waals surface area contributed by atoms with Crippen molar-refractivity contribution < 1.29 is 14.6 Å². The van der Waals surface area contributed by atoms with E-state index in [0.29, 0.717) is 31.2 Å². The molecule has 0 aromatic carbocycles. The minimum absolute atomic E-state index is 0.0458. The SMILES string of the molecule is CC(C)Cc1c(C(=O)O)nnn1CCOC(C)(C)C. The first-order valence-corrected chi connectivity index (χ1v) is 6.50. The van der Waals surface area contributed by atoms with Crippen LogP contribution in [0.2, 0.25) is 0 Å². The van der Waals surface area contributed by atoms with Gasteiger partial charge in [0, 0.05) is 0 Å². The van der Waals surface area contributed by atoms with E-state index in [4.69, 9.17) is 9.84 Å². The lowest BCUT2D eigenvalue weighted by molar-refractivity contribution is -0.00837. The molecule has 1 aromatic rings.